The average molecular weight is 449 g/mol. The molecule has 5 nitrogen and oxygen atoms in total. The molecule has 0 atom stereocenters. The molecule has 4 rings (SSSR count). The highest BCUT2D eigenvalue weighted by molar-refractivity contribution is 5.86. The van der Waals surface area contributed by atoms with Crippen LogP contribution in [0.15, 0.2) is 48.5 Å². The van der Waals surface area contributed by atoms with Crippen molar-refractivity contribution in [1.82, 2.24) is 4.90 Å². The van der Waals surface area contributed by atoms with E-state index in [1.54, 1.807) is 0 Å². The fourth-order valence-electron chi connectivity index (χ4n) is 3.41. The van der Waals surface area contributed by atoms with Crippen LogP contribution >= 0.6 is 37.2 Å². The molecule has 2 aromatic rings. The molecule has 0 aromatic heterocycles. The van der Waals surface area contributed by atoms with Gasteiger partial charge >= 0.3 is 0 Å². The Kier molecular flexibility index (Phi) is 10.6. The van der Waals surface area contributed by atoms with Crippen LogP contribution in [0.3, 0.4) is 0 Å². The number of para-hydroxylation sites is 1. The number of ether oxygens (including phenoxy) is 2. The van der Waals surface area contributed by atoms with Gasteiger partial charge < -0.3 is 19.7 Å². The molecule has 1 saturated heterocycles. The van der Waals surface area contributed by atoms with E-state index >= 15 is 0 Å². The van der Waals surface area contributed by atoms with Crippen molar-refractivity contribution in [3.63, 3.8) is 0 Å². The smallest absolute Gasteiger partial charge is 0.231 e. The second-order valence-electron chi connectivity index (χ2n) is 6.51. The van der Waals surface area contributed by atoms with Crippen LogP contribution in [0.2, 0.25) is 0 Å². The van der Waals surface area contributed by atoms with E-state index in [9.17, 15) is 0 Å². The first kappa shape index (κ1) is 24.5. The maximum absolute atomic E-state index is 5.41. The minimum absolute atomic E-state index is 0. The molecule has 28 heavy (non-hydrogen) atoms. The number of fused-ring (bicyclic) bond motifs is 1. The second-order valence-corrected chi connectivity index (χ2v) is 6.51. The van der Waals surface area contributed by atoms with Crippen molar-refractivity contribution in [2.45, 2.75) is 6.42 Å². The Labute approximate surface area is 185 Å². The summed E-state index contributed by atoms with van der Waals surface area (Å²) in [5.74, 6) is 1.67. The fraction of sp³-hybridized carbons (Fsp3) is 0.400. The number of anilines is 2. The molecule has 1 N–H and O–H groups in total. The molecule has 0 unspecified atom stereocenters. The van der Waals surface area contributed by atoms with Crippen LogP contribution in [-0.4, -0.2) is 51.0 Å². The maximum Gasteiger partial charge on any atom is 0.231 e. The van der Waals surface area contributed by atoms with Crippen molar-refractivity contribution in [3.8, 4) is 11.5 Å². The molecule has 0 spiro atoms. The Hall–Kier alpha value is -1.53. The maximum atomic E-state index is 5.41. The highest BCUT2D eigenvalue weighted by Gasteiger charge is 2.16. The lowest BCUT2D eigenvalue weighted by atomic mass is 10.2. The third kappa shape index (κ3) is 6.24. The van der Waals surface area contributed by atoms with E-state index in [2.05, 4.69) is 45.4 Å². The van der Waals surface area contributed by atoms with Crippen molar-refractivity contribution >= 4 is 48.6 Å². The topological polar surface area (TPSA) is 37.0 Å². The molecular weight excluding hydrogens is 421 g/mol. The Morgan fingerprint density at radius 2 is 1.54 bits per heavy atom. The molecule has 0 bridgehead atoms. The molecule has 1 fully saturated rings. The summed E-state index contributed by atoms with van der Waals surface area (Å²) in [7, 11) is 0. The Morgan fingerprint density at radius 1 is 0.821 bits per heavy atom. The third-order valence-electron chi connectivity index (χ3n) is 4.85. The summed E-state index contributed by atoms with van der Waals surface area (Å²) in [6.45, 7) is 6.93. The number of nitrogens with one attached hydrogen (secondary N) is 1. The van der Waals surface area contributed by atoms with Crippen molar-refractivity contribution in [1.29, 1.82) is 0 Å². The standard InChI is InChI=1S/C20H25N3O2.3ClH/c1-2-5-18(6-3-1)23-13-11-22(12-14-23)10-4-9-21-17-7-8-19-20(15-17)25-16-24-19;;;/h1-3,5-8,15,21H,4,9-14,16H2;3*1H. The van der Waals surface area contributed by atoms with Crippen LogP contribution in [0.25, 0.3) is 0 Å². The zero-order valence-corrected chi connectivity index (χ0v) is 18.2. The van der Waals surface area contributed by atoms with Gasteiger partial charge in [0.25, 0.3) is 0 Å². The quantitative estimate of drug-likeness (QED) is 0.667. The van der Waals surface area contributed by atoms with E-state index in [1.165, 1.54) is 5.69 Å². The molecule has 8 heteroatoms. The number of halogens is 3. The number of piperazine rings is 1. The number of hydrogen-bond acceptors (Lipinski definition) is 5. The minimum Gasteiger partial charge on any atom is -0.454 e. The summed E-state index contributed by atoms with van der Waals surface area (Å²) < 4.78 is 10.8. The largest absolute Gasteiger partial charge is 0.454 e. The summed E-state index contributed by atoms with van der Waals surface area (Å²) in [6, 6.07) is 16.7. The molecule has 2 aliphatic heterocycles. The van der Waals surface area contributed by atoms with Gasteiger partial charge in [-0.2, -0.15) is 0 Å². The number of nitrogens with zero attached hydrogens (tertiary/aromatic N) is 2. The molecule has 2 heterocycles. The zero-order chi connectivity index (χ0) is 16.9. The first-order valence-electron chi connectivity index (χ1n) is 9.04. The number of benzene rings is 2. The molecule has 0 aliphatic carbocycles. The van der Waals surface area contributed by atoms with E-state index < -0.39 is 0 Å². The van der Waals surface area contributed by atoms with Gasteiger partial charge in [0.15, 0.2) is 11.5 Å². The predicted molar refractivity (Wildman–Crippen MR) is 123 cm³/mol. The number of hydrogen-bond donors (Lipinski definition) is 1. The lowest BCUT2D eigenvalue weighted by Gasteiger charge is -2.36. The van der Waals surface area contributed by atoms with E-state index in [4.69, 9.17) is 9.47 Å². The van der Waals surface area contributed by atoms with E-state index in [1.807, 2.05) is 18.2 Å². The first-order valence-corrected chi connectivity index (χ1v) is 9.04. The molecule has 0 radical (unpaired) electrons. The highest BCUT2D eigenvalue weighted by atomic mass is 35.5. The summed E-state index contributed by atoms with van der Waals surface area (Å²) in [6.07, 6.45) is 1.14. The molecule has 2 aromatic carbocycles. The van der Waals surface area contributed by atoms with Crippen LogP contribution in [0.1, 0.15) is 6.42 Å². The fourth-order valence-corrected chi connectivity index (χ4v) is 3.41. The summed E-state index contributed by atoms with van der Waals surface area (Å²) in [5.41, 5.74) is 2.43. The van der Waals surface area contributed by atoms with Crippen molar-refractivity contribution in [2.24, 2.45) is 0 Å². The zero-order valence-electron chi connectivity index (χ0n) is 15.7. The Bertz CT molecular complexity index is 698. The van der Waals surface area contributed by atoms with Crippen LogP contribution in [-0.2, 0) is 0 Å². The van der Waals surface area contributed by atoms with Crippen molar-refractivity contribution in [3.05, 3.63) is 48.5 Å². The molecule has 0 amide bonds. The van der Waals surface area contributed by atoms with Gasteiger partial charge in [0.2, 0.25) is 6.79 Å². The predicted octanol–water partition coefficient (Wildman–Crippen LogP) is 4.30. The number of rotatable bonds is 6. The highest BCUT2D eigenvalue weighted by Crippen LogP contribution is 2.34. The Morgan fingerprint density at radius 3 is 2.29 bits per heavy atom. The minimum atomic E-state index is 0. The van der Waals surface area contributed by atoms with Crippen LogP contribution in [0.5, 0.6) is 11.5 Å². The van der Waals surface area contributed by atoms with Gasteiger partial charge in [0.05, 0.1) is 0 Å². The van der Waals surface area contributed by atoms with Gasteiger partial charge in [-0.25, -0.2) is 0 Å². The van der Waals surface area contributed by atoms with Gasteiger partial charge in [-0.15, -0.1) is 37.2 Å². The van der Waals surface area contributed by atoms with Crippen molar-refractivity contribution in [2.75, 3.05) is 56.3 Å². The first-order chi connectivity index (χ1) is 12.4. The summed E-state index contributed by atoms with van der Waals surface area (Å²) in [4.78, 5) is 5.03. The van der Waals surface area contributed by atoms with Gasteiger partial charge in [-0.1, -0.05) is 18.2 Å². The lowest BCUT2D eigenvalue weighted by Crippen LogP contribution is -2.46. The lowest BCUT2D eigenvalue weighted by molar-refractivity contribution is 0.174. The SMILES string of the molecule is Cl.Cl.Cl.c1ccc(N2CCN(CCCNc3ccc4c(c3)OCO4)CC2)cc1. The van der Waals surface area contributed by atoms with Crippen molar-refractivity contribution < 1.29 is 9.47 Å². The second kappa shape index (κ2) is 12.1. The normalized spacial score (nSPS) is 15.1. The van der Waals surface area contributed by atoms with Gasteiger partial charge in [-0.3, -0.25) is 4.90 Å². The van der Waals surface area contributed by atoms with Gasteiger partial charge in [-0.05, 0) is 37.2 Å². The molecule has 156 valence electrons. The molecular formula is C20H28Cl3N3O2. The van der Waals surface area contributed by atoms with E-state index in [-0.39, 0.29) is 37.2 Å². The molecule has 2 aliphatic rings. The summed E-state index contributed by atoms with van der Waals surface area (Å²) >= 11 is 0. The van der Waals surface area contributed by atoms with Crippen LogP contribution in [0, 0.1) is 0 Å². The van der Waals surface area contributed by atoms with Gasteiger partial charge in [0.1, 0.15) is 0 Å². The Balaban J connectivity index is 0.00000131. The monoisotopic (exact) mass is 447 g/mol. The van der Waals surface area contributed by atoms with E-state index in [0.717, 1.165) is 62.9 Å². The summed E-state index contributed by atoms with van der Waals surface area (Å²) in [5, 5.41) is 3.48. The van der Waals surface area contributed by atoms with E-state index in [0.29, 0.717) is 6.79 Å². The van der Waals surface area contributed by atoms with Gasteiger partial charge in [0, 0.05) is 50.2 Å². The van der Waals surface area contributed by atoms with Crippen LogP contribution < -0.4 is 19.7 Å². The third-order valence-corrected chi connectivity index (χ3v) is 4.85. The average Bonchev–Trinajstić information content (AvgIpc) is 3.14. The molecule has 0 saturated carbocycles. The van der Waals surface area contributed by atoms with Crippen LogP contribution in [0.4, 0.5) is 11.4 Å².